The van der Waals surface area contributed by atoms with Crippen molar-refractivity contribution in [1.82, 2.24) is 20.2 Å². The molecule has 2 amide bonds. The average molecular weight is 282 g/mol. The first-order valence-corrected chi connectivity index (χ1v) is 6.24. The van der Waals surface area contributed by atoms with E-state index in [4.69, 9.17) is 4.74 Å². The maximum absolute atomic E-state index is 12.1. The number of aliphatic carboxylic acids is 1. The predicted molar refractivity (Wildman–Crippen MR) is 68.9 cm³/mol. The quantitative estimate of drug-likeness (QED) is 0.722. The van der Waals surface area contributed by atoms with E-state index in [-0.39, 0.29) is 19.2 Å². The number of imidazole rings is 1. The molecule has 8 heteroatoms. The molecule has 1 saturated heterocycles. The van der Waals surface area contributed by atoms with Crippen LogP contribution in [-0.2, 0) is 16.1 Å². The molecule has 0 saturated carbocycles. The first kappa shape index (κ1) is 14.3. The largest absolute Gasteiger partial charge is 0.481 e. The number of nitrogens with one attached hydrogen (secondary N) is 2. The fourth-order valence-electron chi connectivity index (χ4n) is 2.03. The highest BCUT2D eigenvalue weighted by molar-refractivity contribution is 5.79. The zero-order valence-corrected chi connectivity index (χ0v) is 11.4. The van der Waals surface area contributed by atoms with Gasteiger partial charge in [0.15, 0.2) is 0 Å². The minimum atomic E-state index is -1.10. The van der Waals surface area contributed by atoms with Crippen molar-refractivity contribution in [3.63, 3.8) is 0 Å². The van der Waals surface area contributed by atoms with Gasteiger partial charge in [0.2, 0.25) is 0 Å². The van der Waals surface area contributed by atoms with E-state index < -0.39 is 17.4 Å². The van der Waals surface area contributed by atoms with Crippen LogP contribution in [0.3, 0.4) is 0 Å². The molecule has 1 fully saturated rings. The van der Waals surface area contributed by atoms with Crippen LogP contribution in [0.2, 0.25) is 0 Å². The molecule has 2 rings (SSSR count). The Kier molecular flexibility index (Phi) is 3.93. The lowest BCUT2D eigenvalue weighted by molar-refractivity contribution is -0.148. The van der Waals surface area contributed by atoms with E-state index in [1.807, 2.05) is 0 Å². The fourth-order valence-corrected chi connectivity index (χ4v) is 2.03. The Morgan fingerprint density at radius 2 is 2.45 bits per heavy atom. The molecular formula is C12H18N4O4. The topological polar surface area (TPSA) is 108 Å². The van der Waals surface area contributed by atoms with E-state index in [9.17, 15) is 14.7 Å². The number of carbonyl (C=O) groups excluding carboxylic acids is 1. The molecule has 3 N–H and O–H groups in total. The smallest absolute Gasteiger partial charge is 0.317 e. The lowest BCUT2D eigenvalue weighted by Gasteiger charge is -2.27. The van der Waals surface area contributed by atoms with Crippen LogP contribution in [0.5, 0.6) is 0 Å². The van der Waals surface area contributed by atoms with Crippen molar-refractivity contribution in [3.05, 3.63) is 18.2 Å². The number of hydrogen-bond acceptors (Lipinski definition) is 4. The third kappa shape index (κ3) is 2.74. The standard InChI is InChI=1S/C12H18N4O4/c1-12(10(17)18)7-20-6-8(12)15-11(19)16(2)5-9-13-3-4-14-9/h3-4,8H,5-7H2,1-2H3,(H,13,14)(H,15,19)(H,17,18). The molecule has 1 aromatic heterocycles. The summed E-state index contributed by atoms with van der Waals surface area (Å²) in [4.78, 5) is 31.7. The van der Waals surface area contributed by atoms with Crippen LogP contribution in [0, 0.1) is 5.41 Å². The van der Waals surface area contributed by atoms with Crippen molar-refractivity contribution in [2.45, 2.75) is 19.5 Å². The summed E-state index contributed by atoms with van der Waals surface area (Å²) in [5.74, 6) is -0.319. The number of carboxylic acid groups (broad SMARTS) is 1. The second kappa shape index (κ2) is 5.49. The van der Waals surface area contributed by atoms with Crippen LogP contribution < -0.4 is 5.32 Å². The first-order chi connectivity index (χ1) is 9.43. The third-order valence-corrected chi connectivity index (χ3v) is 3.53. The number of carboxylic acids is 1. The number of H-pyrrole nitrogens is 1. The Morgan fingerprint density at radius 3 is 3.05 bits per heavy atom. The Balaban J connectivity index is 1.95. The number of rotatable bonds is 4. The number of hydrogen-bond donors (Lipinski definition) is 3. The van der Waals surface area contributed by atoms with Crippen molar-refractivity contribution in [2.75, 3.05) is 20.3 Å². The fraction of sp³-hybridized carbons (Fsp3) is 0.583. The molecule has 20 heavy (non-hydrogen) atoms. The number of ether oxygens (including phenoxy) is 1. The highest BCUT2D eigenvalue weighted by Gasteiger charge is 2.47. The second-order valence-electron chi connectivity index (χ2n) is 5.13. The zero-order valence-electron chi connectivity index (χ0n) is 11.4. The number of aromatic nitrogens is 2. The van der Waals surface area contributed by atoms with Crippen LogP contribution in [-0.4, -0.2) is 58.3 Å². The summed E-state index contributed by atoms with van der Waals surface area (Å²) < 4.78 is 5.19. The molecule has 1 aliphatic heterocycles. The molecule has 8 nitrogen and oxygen atoms in total. The monoisotopic (exact) mass is 282 g/mol. The summed E-state index contributed by atoms with van der Waals surface area (Å²) in [6.45, 7) is 2.17. The molecular weight excluding hydrogens is 264 g/mol. The molecule has 2 heterocycles. The first-order valence-electron chi connectivity index (χ1n) is 6.24. The molecule has 2 unspecified atom stereocenters. The van der Waals surface area contributed by atoms with Crippen molar-refractivity contribution in [2.24, 2.45) is 5.41 Å². The Hall–Kier alpha value is -2.09. The van der Waals surface area contributed by atoms with Gasteiger partial charge in [-0.1, -0.05) is 0 Å². The van der Waals surface area contributed by atoms with Gasteiger partial charge >= 0.3 is 12.0 Å². The summed E-state index contributed by atoms with van der Waals surface area (Å²) in [5, 5.41) is 11.9. The Bertz CT molecular complexity index is 490. The van der Waals surface area contributed by atoms with E-state index in [0.29, 0.717) is 12.4 Å². The van der Waals surface area contributed by atoms with Gasteiger partial charge in [0.25, 0.3) is 0 Å². The number of amides is 2. The molecule has 0 bridgehead atoms. The van der Waals surface area contributed by atoms with Gasteiger partial charge in [0.05, 0.1) is 25.8 Å². The minimum Gasteiger partial charge on any atom is -0.481 e. The number of aromatic amines is 1. The summed E-state index contributed by atoms with van der Waals surface area (Å²) in [7, 11) is 1.62. The van der Waals surface area contributed by atoms with Crippen LogP contribution in [0.15, 0.2) is 12.4 Å². The summed E-state index contributed by atoms with van der Waals surface area (Å²) in [6.07, 6.45) is 3.28. The van der Waals surface area contributed by atoms with Gasteiger partial charge in [-0.15, -0.1) is 0 Å². The number of urea groups is 1. The summed E-state index contributed by atoms with van der Waals surface area (Å²) in [6, 6.07) is -0.907. The van der Waals surface area contributed by atoms with Crippen LogP contribution in [0.25, 0.3) is 0 Å². The SMILES string of the molecule is CN(Cc1ncc[nH]1)C(=O)NC1COCC1(C)C(=O)O. The predicted octanol–water partition coefficient (Wildman–Crippen LogP) is 0.0408. The molecule has 1 aromatic rings. The van der Waals surface area contributed by atoms with E-state index >= 15 is 0 Å². The van der Waals surface area contributed by atoms with E-state index in [1.54, 1.807) is 26.4 Å². The van der Waals surface area contributed by atoms with E-state index in [0.717, 1.165) is 0 Å². The average Bonchev–Trinajstić information content (AvgIpc) is 3.01. The molecule has 1 aliphatic rings. The van der Waals surface area contributed by atoms with Crippen molar-refractivity contribution >= 4 is 12.0 Å². The molecule has 0 aromatic carbocycles. The van der Waals surface area contributed by atoms with Crippen LogP contribution in [0.4, 0.5) is 4.79 Å². The van der Waals surface area contributed by atoms with Crippen molar-refractivity contribution < 1.29 is 19.4 Å². The maximum Gasteiger partial charge on any atom is 0.317 e. The zero-order chi connectivity index (χ0) is 14.8. The molecule has 110 valence electrons. The Morgan fingerprint density at radius 1 is 1.70 bits per heavy atom. The highest BCUT2D eigenvalue weighted by atomic mass is 16.5. The normalized spacial score (nSPS) is 25.4. The second-order valence-corrected chi connectivity index (χ2v) is 5.13. The molecule has 2 atom stereocenters. The van der Waals surface area contributed by atoms with Gasteiger partial charge in [-0.2, -0.15) is 0 Å². The summed E-state index contributed by atoms with van der Waals surface area (Å²) in [5.41, 5.74) is -1.10. The maximum atomic E-state index is 12.1. The third-order valence-electron chi connectivity index (χ3n) is 3.53. The van der Waals surface area contributed by atoms with Gasteiger partial charge in [0, 0.05) is 19.4 Å². The molecule has 0 spiro atoms. The lowest BCUT2D eigenvalue weighted by atomic mass is 9.85. The van der Waals surface area contributed by atoms with Gasteiger partial charge in [-0.05, 0) is 6.92 Å². The molecule has 0 aliphatic carbocycles. The van der Waals surface area contributed by atoms with Gasteiger partial charge in [-0.25, -0.2) is 9.78 Å². The van der Waals surface area contributed by atoms with Gasteiger partial charge in [-0.3, -0.25) is 4.79 Å². The molecule has 0 radical (unpaired) electrons. The van der Waals surface area contributed by atoms with E-state index in [1.165, 1.54) is 4.90 Å². The van der Waals surface area contributed by atoms with Gasteiger partial charge in [0.1, 0.15) is 11.2 Å². The van der Waals surface area contributed by atoms with Crippen LogP contribution >= 0.6 is 0 Å². The highest BCUT2D eigenvalue weighted by Crippen LogP contribution is 2.28. The van der Waals surface area contributed by atoms with Gasteiger partial charge < -0.3 is 25.0 Å². The Labute approximate surface area is 116 Å². The van der Waals surface area contributed by atoms with Crippen LogP contribution in [0.1, 0.15) is 12.7 Å². The number of carbonyl (C=O) groups is 2. The van der Waals surface area contributed by atoms with E-state index in [2.05, 4.69) is 15.3 Å². The lowest BCUT2D eigenvalue weighted by Crippen LogP contribution is -2.52. The van der Waals surface area contributed by atoms with Crippen molar-refractivity contribution in [1.29, 1.82) is 0 Å². The number of nitrogens with zero attached hydrogens (tertiary/aromatic N) is 2. The van der Waals surface area contributed by atoms with Crippen molar-refractivity contribution in [3.8, 4) is 0 Å². The minimum absolute atomic E-state index is 0.0924. The summed E-state index contributed by atoms with van der Waals surface area (Å²) >= 11 is 0.